The van der Waals surface area contributed by atoms with Gasteiger partial charge in [0.2, 0.25) is 0 Å². The second-order valence-corrected chi connectivity index (χ2v) is 4.65. The third kappa shape index (κ3) is 2.70. The molecule has 0 aromatic carbocycles. The summed E-state index contributed by atoms with van der Waals surface area (Å²) in [4.78, 5) is 0. The van der Waals surface area contributed by atoms with Crippen LogP contribution in [0.1, 0.15) is 46.0 Å². The fourth-order valence-corrected chi connectivity index (χ4v) is 2.56. The van der Waals surface area contributed by atoms with E-state index in [1.807, 2.05) is 0 Å². The third-order valence-electron chi connectivity index (χ3n) is 3.01. The van der Waals surface area contributed by atoms with Crippen LogP contribution in [-0.4, -0.2) is 11.2 Å². The van der Waals surface area contributed by atoms with E-state index in [-0.39, 0.29) is 11.5 Å². The predicted molar refractivity (Wildman–Crippen MR) is 52.0 cm³/mol. The van der Waals surface area contributed by atoms with E-state index in [9.17, 15) is 5.11 Å². The molecule has 0 spiro atoms. The molecule has 1 N–H and O–H groups in total. The van der Waals surface area contributed by atoms with Crippen molar-refractivity contribution in [3.63, 3.8) is 0 Å². The van der Waals surface area contributed by atoms with Gasteiger partial charge in [-0.05, 0) is 32.1 Å². The van der Waals surface area contributed by atoms with E-state index in [4.69, 9.17) is 5.26 Å². The van der Waals surface area contributed by atoms with Crippen molar-refractivity contribution in [2.75, 3.05) is 0 Å². The zero-order chi connectivity index (χ0) is 9.90. The Balaban J connectivity index is 2.63. The van der Waals surface area contributed by atoms with Crippen LogP contribution in [0.5, 0.6) is 0 Å². The average molecular weight is 181 g/mol. The zero-order valence-corrected chi connectivity index (χ0v) is 8.58. The molecular formula is C11H19NO. The van der Waals surface area contributed by atoms with Gasteiger partial charge in [-0.1, -0.05) is 19.8 Å². The van der Waals surface area contributed by atoms with Crippen molar-refractivity contribution in [2.45, 2.75) is 52.1 Å². The summed E-state index contributed by atoms with van der Waals surface area (Å²) in [6, 6.07) is 2.42. The highest BCUT2D eigenvalue weighted by atomic mass is 16.3. The number of hydrogen-bond acceptors (Lipinski definition) is 2. The summed E-state index contributed by atoms with van der Waals surface area (Å²) < 4.78 is 0. The van der Waals surface area contributed by atoms with Gasteiger partial charge in [0.15, 0.2) is 0 Å². The van der Waals surface area contributed by atoms with Crippen LogP contribution >= 0.6 is 0 Å². The van der Waals surface area contributed by atoms with E-state index in [0.29, 0.717) is 12.3 Å². The largest absolute Gasteiger partial charge is 0.393 e. The topological polar surface area (TPSA) is 44.0 Å². The first-order valence-corrected chi connectivity index (χ1v) is 5.17. The monoisotopic (exact) mass is 181 g/mol. The molecular weight excluding hydrogens is 162 g/mol. The molecule has 0 heterocycles. The zero-order valence-electron chi connectivity index (χ0n) is 8.58. The van der Waals surface area contributed by atoms with E-state index in [1.165, 1.54) is 6.42 Å². The Morgan fingerprint density at radius 2 is 2.38 bits per heavy atom. The van der Waals surface area contributed by atoms with Gasteiger partial charge in [-0.25, -0.2) is 0 Å². The van der Waals surface area contributed by atoms with E-state index >= 15 is 0 Å². The summed E-state index contributed by atoms with van der Waals surface area (Å²) in [5.74, 6) is 0.646. The Bertz CT molecular complexity index is 203. The molecule has 0 saturated heterocycles. The van der Waals surface area contributed by atoms with E-state index in [2.05, 4.69) is 13.0 Å². The summed E-state index contributed by atoms with van der Waals surface area (Å²) >= 11 is 0. The predicted octanol–water partition coefficient (Wildman–Crippen LogP) is 2.48. The lowest BCUT2D eigenvalue weighted by Crippen LogP contribution is -2.29. The van der Waals surface area contributed by atoms with Crippen LogP contribution in [-0.2, 0) is 0 Å². The lowest BCUT2D eigenvalue weighted by molar-refractivity contribution is 0.101. The van der Waals surface area contributed by atoms with Gasteiger partial charge >= 0.3 is 0 Å². The standard InChI is InChI=1S/C11H19NO/c1-9-4-3-5-11(6-9,8-12)7-10(2)13/h9-10,13H,3-7H2,1-2H3. The van der Waals surface area contributed by atoms with Gasteiger partial charge < -0.3 is 5.11 Å². The van der Waals surface area contributed by atoms with Crippen LogP contribution in [0.15, 0.2) is 0 Å². The van der Waals surface area contributed by atoms with Crippen molar-refractivity contribution in [1.82, 2.24) is 0 Å². The molecule has 1 rings (SSSR count). The van der Waals surface area contributed by atoms with E-state index in [0.717, 1.165) is 19.3 Å². The number of aliphatic hydroxyl groups is 1. The number of nitriles is 1. The Morgan fingerprint density at radius 1 is 1.69 bits per heavy atom. The maximum absolute atomic E-state index is 9.34. The smallest absolute Gasteiger partial charge is 0.0690 e. The minimum Gasteiger partial charge on any atom is -0.393 e. The molecule has 1 aliphatic carbocycles. The normalized spacial score (nSPS) is 36.6. The number of nitrogens with zero attached hydrogens (tertiary/aromatic N) is 1. The lowest BCUT2D eigenvalue weighted by Gasteiger charge is -2.35. The van der Waals surface area contributed by atoms with E-state index < -0.39 is 0 Å². The maximum Gasteiger partial charge on any atom is 0.0690 e. The van der Waals surface area contributed by atoms with Gasteiger partial charge in [0.25, 0.3) is 0 Å². The molecule has 0 radical (unpaired) electrons. The van der Waals surface area contributed by atoms with Gasteiger partial charge in [0, 0.05) is 0 Å². The van der Waals surface area contributed by atoms with Crippen molar-refractivity contribution < 1.29 is 5.11 Å². The highest BCUT2D eigenvalue weighted by Gasteiger charge is 2.35. The highest BCUT2D eigenvalue weighted by molar-refractivity contribution is 5.02. The van der Waals surface area contributed by atoms with Crippen LogP contribution in [0, 0.1) is 22.7 Å². The molecule has 1 saturated carbocycles. The van der Waals surface area contributed by atoms with E-state index in [1.54, 1.807) is 6.92 Å². The molecule has 2 heteroatoms. The number of aliphatic hydroxyl groups excluding tert-OH is 1. The summed E-state index contributed by atoms with van der Waals surface area (Å²) in [6.45, 7) is 3.98. The first-order valence-electron chi connectivity index (χ1n) is 5.17. The van der Waals surface area contributed by atoms with Crippen molar-refractivity contribution in [3.05, 3.63) is 0 Å². The minimum absolute atomic E-state index is 0.230. The first-order chi connectivity index (χ1) is 6.08. The Morgan fingerprint density at radius 3 is 2.85 bits per heavy atom. The minimum atomic E-state index is -0.343. The van der Waals surface area contributed by atoms with Gasteiger partial charge in [0.05, 0.1) is 17.6 Å². The Kier molecular flexibility index (Phi) is 3.33. The van der Waals surface area contributed by atoms with Crippen LogP contribution in [0.3, 0.4) is 0 Å². The highest BCUT2D eigenvalue weighted by Crippen LogP contribution is 2.42. The molecule has 1 fully saturated rings. The SMILES string of the molecule is CC(O)CC1(C#N)CCCC(C)C1. The molecule has 0 bridgehead atoms. The molecule has 2 nitrogen and oxygen atoms in total. The number of hydrogen-bond donors (Lipinski definition) is 1. The second kappa shape index (κ2) is 4.11. The average Bonchev–Trinajstić information content (AvgIpc) is 2.03. The molecule has 74 valence electrons. The molecule has 0 aromatic rings. The van der Waals surface area contributed by atoms with Crippen molar-refractivity contribution in [2.24, 2.45) is 11.3 Å². The van der Waals surface area contributed by atoms with Crippen LogP contribution in [0.25, 0.3) is 0 Å². The first kappa shape index (κ1) is 10.5. The molecule has 3 unspecified atom stereocenters. The van der Waals surface area contributed by atoms with Crippen LogP contribution in [0.2, 0.25) is 0 Å². The summed E-state index contributed by atoms with van der Waals surface area (Å²) in [6.07, 6.45) is 4.62. The second-order valence-electron chi connectivity index (χ2n) is 4.65. The molecule has 0 aliphatic heterocycles. The molecule has 0 aromatic heterocycles. The van der Waals surface area contributed by atoms with Gasteiger partial charge in [-0.2, -0.15) is 5.26 Å². The fourth-order valence-electron chi connectivity index (χ4n) is 2.56. The molecule has 13 heavy (non-hydrogen) atoms. The summed E-state index contributed by atoms with van der Waals surface area (Å²) in [5.41, 5.74) is -0.230. The molecule has 0 amide bonds. The molecule has 3 atom stereocenters. The van der Waals surface area contributed by atoms with Gasteiger partial charge in [-0.15, -0.1) is 0 Å². The Hall–Kier alpha value is -0.550. The van der Waals surface area contributed by atoms with Crippen molar-refractivity contribution in [3.8, 4) is 6.07 Å². The lowest BCUT2D eigenvalue weighted by atomic mass is 9.68. The third-order valence-corrected chi connectivity index (χ3v) is 3.01. The van der Waals surface area contributed by atoms with Crippen LogP contribution in [0.4, 0.5) is 0 Å². The Labute approximate surface area is 80.6 Å². The molecule has 1 aliphatic rings. The van der Waals surface area contributed by atoms with Crippen LogP contribution < -0.4 is 0 Å². The van der Waals surface area contributed by atoms with Gasteiger partial charge in [-0.3, -0.25) is 0 Å². The summed E-state index contributed by atoms with van der Waals surface area (Å²) in [7, 11) is 0. The van der Waals surface area contributed by atoms with Gasteiger partial charge in [0.1, 0.15) is 0 Å². The quantitative estimate of drug-likeness (QED) is 0.711. The number of rotatable bonds is 2. The summed E-state index contributed by atoms with van der Waals surface area (Å²) in [5, 5.41) is 18.5. The maximum atomic E-state index is 9.34. The van der Waals surface area contributed by atoms with Crippen molar-refractivity contribution >= 4 is 0 Å². The van der Waals surface area contributed by atoms with Crippen molar-refractivity contribution in [1.29, 1.82) is 5.26 Å². The fraction of sp³-hybridized carbons (Fsp3) is 0.909.